The molecule has 2 heteroatoms. The Bertz CT molecular complexity index is 307. The average Bonchev–Trinajstić information content (AvgIpc) is 2.30. The molecule has 0 spiro atoms. The molecular weight excluding hydrogens is 206 g/mol. The second-order valence-electron chi connectivity index (χ2n) is 4.32. The smallest absolute Gasteiger partial charge is 0.0406 e. The number of nitrogens with one attached hydrogen (secondary N) is 1. The zero-order valence-corrected chi connectivity index (χ0v) is 9.93. The summed E-state index contributed by atoms with van der Waals surface area (Å²) in [4.78, 5) is 0. The third-order valence-electron chi connectivity index (χ3n) is 3.43. The summed E-state index contributed by atoms with van der Waals surface area (Å²) in [5.74, 6) is 1.49. The molecule has 1 aliphatic rings. The Morgan fingerprint density at radius 2 is 2.07 bits per heavy atom. The van der Waals surface area contributed by atoms with Crippen molar-refractivity contribution >= 4 is 11.6 Å². The normalized spacial score (nSPS) is 26.5. The fourth-order valence-corrected chi connectivity index (χ4v) is 2.63. The van der Waals surface area contributed by atoms with Crippen molar-refractivity contribution in [1.82, 2.24) is 5.32 Å². The van der Waals surface area contributed by atoms with Gasteiger partial charge in [-0.3, -0.25) is 0 Å². The molecule has 1 aromatic rings. The van der Waals surface area contributed by atoms with Crippen molar-refractivity contribution in [2.75, 3.05) is 13.1 Å². The van der Waals surface area contributed by atoms with Gasteiger partial charge in [-0.15, -0.1) is 0 Å². The maximum absolute atomic E-state index is 5.91. The molecule has 0 aromatic heterocycles. The molecule has 2 rings (SSSR count). The lowest BCUT2D eigenvalue weighted by atomic mass is 9.80. The van der Waals surface area contributed by atoms with Crippen LogP contribution in [0, 0.1) is 5.92 Å². The van der Waals surface area contributed by atoms with Crippen molar-refractivity contribution in [2.45, 2.75) is 25.7 Å². The number of halogens is 1. The predicted molar refractivity (Wildman–Crippen MR) is 65.5 cm³/mol. The zero-order chi connectivity index (χ0) is 10.7. The average molecular weight is 224 g/mol. The van der Waals surface area contributed by atoms with Crippen molar-refractivity contribution in [3.63, 3.8) is 0 Å². The SMILES string of the molecule is CCC1CNCCC1c1ccc(Cl)cc1. The minimum Gasteiger partial charge on any atom is -0.316 e. The van der Waals surface area contributed by atoms with E-state index in [1.54, 1.807) is 0 Å². The first-order chi connectivity index (χ1) is 7.31. The van der Waals surface area contributed by atoms with E-state index >= 15 is 0 Å². The standard InChI is InChI=1S/C13H18ClN/c1-2-10-9-15-8-7-13(10)11-3-5-12(14)6-4-11/h3-6,10,13,15H,2,7-9H2,1H3. The first kappa shape index (κ1) is 11.0. The number of hydrogen-bond acceptors (Lipinski definition) is 1. The van der Waals surface area contributed by atoms with E-state index < -0.39 is 0 Å². The number of rotatable bonds is 2. The molecule has 2 unspecified atom stereocenters. The van der Waals surface area contributed by atoms with Crippen molar-refractivity contribution in [2.24, 2.45) is 5.92 Å². The van der Waals surface area contributed by atoms with Crippen LogP contribution >= 0.6 is 11.6 Å². The van der Waals surface area contributed by atoms with Crippen LogP contribution in [0.2, 0.25) is 5.02 Å². The Labute approximate surface area is 96.8 Å². The van der Waals surface area contributed by atoms with Gasteiger partial charge in [0, 0.05) is 5.02 Å². The highest BCUT2D eigenvalue weighted by Crippen LogP contribution is 2.32. The van der Waals surface area contributed by atoms with E-state index in [1.165, 1.54) is 18.4 Å². The van der Waals surface area contributed by atoms with Gasteiger partial charge in [0.15, 0.2) is 0 Å². The second-order valence-corrected chi connectivity index (χ2v) is 4.76. The monoisotopic (exact) mass is 223 g/mol. The van der Waals surface area contributed by atoms with Gasteiger partial charge >= 0.3 is 0 Å². The van der Waals surface area contributed by atoms with Gasteiger partial charge in [0.1, 0.15) is 0 Å². The molecule has 82 valence electrons. The first-order valence-electron chi connectivity index (χ1n) is 5.77. The van der Waals surface area contributed by atoms with E-state index in [1.807, 2.05) is 12.1 Å². The molecule has 0 amide bonds. The Balaban J connectivity index is 2.16. The van der Waals surface area contributed by atoms with Crippen LogP contribution in [0.3, 0.4) is 0 Å². The Hall–Kier alpha value is -0.530. The maximum atomic E-state index is 5.91. The van der Waals surface area contributed by atoms with E-state index in [2.05, 4.69) is 24.4 Å². The van der Waals surface area contributed by atoms with Crippen LogP contribution in [-0.4, -0.2) is 13.1 Å². The number of piperidine rings is 1. The third kappa shape index (κ3) is 2.53. The van der Waals surface area contributed by atoms with Crippen LogP contribution in [0.4, 0.5) is 0 Å². The number of hydrogen-bond donors (Lipinski definition) is 1. The van der Waals surface area contributed by atoms with Crippen LogP contribution in [0.25, 0.3) is 0 Å². The van der Waals surface area contributed by atoms with Gasteiger partial charge in [-0.2, -0.15) is 0 Å². The van der Waals surface area contributed by atoms with E-state index in [-0.39, 0.29) is 0 Å². The molecule has 0 bridgehead atoms. The Morgan fingerprint density at radius 3 is 2.73 bits per heavy atom. The molecule has 0 aliphatic carbocycles. The molecule has 1 heterocycles. The predicted octanol–water partition coefficient (Wildman–Crippen LogP) is 3.44. The summed E-state index contributed by atoms with van der Waals surface area (Å²) in [5.41, 5.74) is 1.45. The Morgan fingerprint density at radius 1 is 1.33 bits per heavy atom. The lowest BCUT2D eigenvalue weighted by molar-refractivity contribution is 0.318. The molecule has 1 aromatic carbocycles. The quantitative estimate of drug-likeness (QED) is 0.810. The maximum Gasteiger partial charge on any atom is 0.0406 e. The lowest BCUT2D eigenvalue weighted by Gasteiger charge is -2.31. The van der Waals surface area contributed by atoms with Gasteiger partial charge in [0.25, 0.3) is 0 Å². The van der Waals surface area contributed by atoms with E-state index in [4.69, 9.17) is 11.6 Å². The highest BCUT2D eigenvalue weighted by molar-refractivity contribution is 6.30. The fourth-order valence-electron chi connectivity index (χ4n) is 2.50. The first-order valence-corrected chi connectivity index (χ1v) is 6.15. The van der Waals surface area contributed by atoms with Gasteiger partial charge < -0.3 is 5.32 Å². The van der Waals surface area contributed by atoms with Crippen molar-refractivity contribution in [1.29, 1.82) is 0 Å². The van der Waals surface area contributed by atoms with Gasteiger partial charge in [-0.25, -0.2) is 0 Å². The van der Waals surface area contributed by atoms with Crippen LogP contribution in [-0.2, 0) is 0 Å². The molecule has 0 saturated carbocycles. The zero-order valence-electron chi connectivity index (χ0n) is 9.17. The van der Waals surface area contributed by atoms with Crippen molar-refractivity contribution in [3.8, 4) is 0 Å². The molecule has 1 fully saturated rings. The van der Waals surface area contributed by atoms with Crippen LogP contribution in [0.5, 0.6) is 0 Å². The van der Waals surface area contributed by atoms with Crippen LogP contribution in [0.15, 0.2) is 24.3 Å². The largest absolute Gasteiger partial charge is 0.316 e. The molecule has 1 saturated heterocycles. The molecule has 0 radical (unpaired) electrons. The summed E-state index contributed by atoms with van der Waals surface area (Å²) in [6, 6.07) is 8.37. The highest BCUT2D eigenvalue weighted by atomic mass is 35.5. The van der Waals surface area contributed by atoms with Crippen molar-refractivity contribution < 1.29 is 0 Å². The third-order valence-corrected chi connectivity index (χ3v) is 3.68. The van der Waals surface area contributed by atoms with Gasteiger partial charge in [0.2, 0.25) is 0 Å². The minimum absolute atomic E-state index is 0.716. The lowest BCUT2D eigenvalue weighted by Crippen LogP contribution is -2.35. The molecule has 15 heavy (non-hydrogen) atoms. The molecular formula is C13H18ClN. The topological polar surface area (TPSA) is 12.0 Å². The summed E-state index contributed by atoms with van der Waals surface area (Å²) in [6.45, 7) is 4.58. The van der Waals surface area contributed by atoms with Crippen molar-refractivity contribution in [3.05, 3.63) is 34.9 Å². The fraction of sp³-hybridized carbons (Fsp3) is 0.538. The molecule has 1 aliphatic heterocycles. The number of benzene rings is 1. The summed E-state index contributed by atoms with van der Waals surface area (Å²) < 4.78 is 0. The molecule has 2 atom stereocenters. The van der Waals surface area contributed by atoms with E-state index in [0.717, 1.165) is 24.0 Å². The van der Waals surface area contributed by atoms with Gasteiger partial charge in [-0.1, -0.05) is 37.1 Å². The van der Waals surface area contributed by atoms with E-state index in [9.17, 15) is 0 Å². The highest BCUT2D eigenvalue weighted by Gasteiger charge is 2.24. The summed E-state index contributed by atoms with van der Waals surface area (Å²) >= 11 is 5.91. The summed E-state index contributed by atoms with van der Waals surface area (Å²) in [6.07, 6.45) is 2.50. The molecule has 1 nitrogen and oxygen atoms in total. The molecule has 1 N–H and O–H groups in total. The Kier molecular flexibility index (Phi) is 3.66. The van der Waals surface area contributed by atoms with Gasteiger partial charge in [-0.05, 0) is 49.0 Å². The minimum atomic E-state index is 0.716. The van der Waals surface area contributed by atoms with Crippen LogP contribution in [0.1, 0.15) is 31.2 Å². The second kappa shape index (κ2) is 5.00. The van der Waals surface area contributed by atoms with Gasteiger partial charge in [0.05, 0.1) is 0 Å². The van der Waals surface area contributed by atoms with E-state index in [0.29, 0.717) is 5.92 Å². The summed E-state index contributed by atoms with van der Waals surface area (Å²) in [5, 5.41) is 4.30. The summed E-state index contributed by atoms with van der Waals surface area (Å²) in [7, 11) is 0. The van der Waals surface area contributed by atoms with Crippen LogP contribution < -0.4 is 5.32 Å².